The Hall–Kier alpha value is -0.850. The van der Waals surface area contributed by atoms with Crippen LogP contribution in [0.15, 0.2) is 17.0 Å². The number of benzene rings is 1. The third kappa shape index (κ3) is 3.19. The zero-order chi connectivity index (χ0) is 14.8. The van der Waals surface area contributed by atoms with E-state index >= 15 is 0 Å². The van der Waals surface area contributed by atoms with Crippen molar-refractivity contribution in [3.8, 4) is 0 Å². The second-order valence-corrected chi connectivity index (χ2v) is 6.54. The molecule has 0 aliphatic rings. The maximum Gasteiger partial charge on any atom is 0.244 e. The first-order chi connectivity index (χ1) is 8.75. The fraction of sp³-hybridized carbons (Fsp3) is 0.500. The van der Waals surface area contributed by atoms with Crippen LogP contribution in [-0.2, 0) is 10.0 Å². The van der Waals surface area contributed by atoms with Crippen molar-refractivity contribution in [3.05, 3.63) is 23.0 Å². The highest BCUT2D eigenvalue weighted by atomic mass is 35.5. The molecule has 0 saturated heterocycles. The number of nitrogens with zero attached hydrogens (tertiary/aromatic N) is 1. The van der Waals surface area contributed by atoms with E-state index in [0.717, 1.165) is 12.1 Å². The van der Waals surface area contributed by atoms with Crippen LogP contribution < -0.4 is 5.73 Å². The van der Waals surface area contributed by atoms with E-state index in [4.69, 9.17) is 17.3 Å². The van der Waals surface area contributed by atoms with Crippen molar-refractivity contribution in [1.29, 1.82) is 0 Å². The summed E-state index contributed by atoms with van der Waals surface area (Å²) >= 11 is 5.83. The molecule has 0 heterocycles. The number of hydrogen-bond donors (Lipinski definition) is 1. The van der Waals surface area contributed by atoms with Crippen LogP contribution in [0.3, 0.4) is 0 Å². The lowest BCUT2D eigenvalue weighted by molar-refractivity contribution is 0.342. The van der Waals surface area contributed by atoms with Gasteiger partial charge >= 0.3 is 0 Å². The van der Waals surface area contributed by atoms with Gasteiger partial charge in [0.05, 0.1) is 10.7 Å². The standard InChI is InChI=1S/C12H18ClFN2O2S/c1-4-8(3)16(5-2)19(17,18)12-7-11(15)10(14)6-9(12)13/h6-8H,4-5,15H2,1-3H3. The van der Waals surface area contributed by atoms with Crippen LogP contribution in [0.1, 0.15) is 27.2 Å². The number of nitrogen functional groups attached to an aromatic ring is 1. The minimum absolute atomic E-state index is 0.157. The molecule has 0 saturated carbocycles. The quantitative estimate of drug-likeness (QED) is 0.851. The number of nitrogens with two attached hydrogens (primary N) is 1. The third-order valence-electron chi connectivity index (χ3n) is 3.03. The van der Waals surface area contributed by atoms with E-state index in [1.165, 1.54) is 4.31 Å². The van der Waals surface area contributed by atoms with Crippen LogP contribution in [0.2, 0.25) is 5.02 Å². The maximum absolute atomic E-state index is 13.2. The van der Waals surface area contributed by atoms with Gasteiger partial charge in [-0.1, -0.05) is 25.4 Å². The summed E-state index contributed by atoms with van der Waals surface area (Å²) in [6.45, 7) is 5.75. The molecule has 0 aliphatic heterocycles. The minimum atomic E-state index is -3.78. The predicted octanol–water partition coefficient (Wildman–Crippen LogP) is 2.87. The molecule has 0 bridgehead atoms. The molecule has 7 heteroatoms. The molecule has 1 aromatic carbocycles. The van der Waals surface area contributed by atoms with E-state index in [9.17, 15) is 12.8 Å². The molecule has 0 aromatic heterocycles. The van der Waals surface area contributed by atoms with Gasteiger partial charge in [-0.2, -0.15) is 4.31 Å². The first kappa shape index (κ1) is 16.2. The SMILES string of the molecule is CCC(C)N(CC)S(=O)(=O)c1cc(N)c(F)cc1Cl. The molecule has 0 radical (unpaired) electrons. The van der Waals surface area contributed by atoms with Gasteiger partial charge in [0.15, 0.2) is 0 Å². The molecule has 19 heavy (non-hydrogen) atoms. The number of anilines is 1. The van der Waals surface area contributed by atoms with Gasteiger partial charge in [-0.15, -0.1) is 0 Å². The van der Waals surface area contributed by atoms with E-state index in [1.54, 1.807) is 6.92 Å². The largest absolute Gasteiger partial charge is 0.396 e. The highest BCUT2D eigenvalue weighted by Gasteiger charge is 2.29. The van der Waals surface area contributed by atoms with Crippen LogP contribution in [0.4, 0.5) is 10.1 Å². The van der Waals surface area contributed by atoms with Crippen molar-refractivity contribution < 1.29 is 12.8 Å². The highest BCUT2D eigenvalue weighted by molar-refractivity contribution is 7.89. The third-order valence-corrected chi connectivity index (χ3v) is 5.59. The van der Waals surface area contributed by atoms with Crippen LogP contribution >= 0.6 is 11.6 Å². The van der Waals surface area contributed by atoms with Crippen LogP contribution in [0.25, 0.3) is 0 Å². The number of rotatable bonds is 5. The second kappa shape index (κ2) is 6.07. The molecule has 2 N–H and O–H groups in total. The summed E-state index contributed by atoms with van der Waals surface area (Å²) in [4.78, 5) is -0.157. The van der Waals surface area contributed by atoms with Crippen LogP contribution in [0.5, 0.6) is 0 Å². The normalized spacial score (nSPS) is 13.8. The summed E-state index contributed by atoms with van der Waals surface area (Å²) < 4.78 is 39.6. The fourth-order valence-corrected chi connectivity index (χ4v) is 4.03. The van der Waals surface area contributed by atoms with Crippen molar-refractivity contribution in [2.75, 3.05) is 12.3 Å². The Morgan fingerprint density at radius 3 is 2.47 bits per heavy atom. The van der Waals surface area contributed by atoms with Gasteiger partial charge < -0.3 is 5.73 Å². The predicted molar refractivity (Wildman–Crippen MR) is 75.1 cm³/mol. The monoisotopic (exact) mass is 308 g/mol. The minimum Gasteiger partial charge on any atom is -0.396 e. The maximum atomic E-state index is 13.2. The van der Waals surface area contributed by atoms with Crippen molar-refractivity contribution in [2.45, 2.75) is 38.1 Å². The Kier molecular flexibility index (Phi) is 5.18. The molecule has 1 atom stereocenters. The lowest BCUT2D eigenvalue weighted by Crippen LogP contribution is -2.38. The van der Waals surface area contributed by atoms with Gasteiger partial charge in [-0.25, -0.2) is 12.8 Å². The summed E-state index contributed by atoms with van der Waals surface area (Å²) in [5.74, 6) is -0.726. The van der Waals surface area contributed by atoms with Crippen molar-refractivity contribution in [3.63, 3.8) is 0 Å². The lowest BCUT2D eigenvalue weighted by Gasteiger charge is -2.26. The Bertz CT molecular complexity index is 563. The van der Waals surface area contributed by atoms with Crippen molar-refractivity contribution in [2.24, 2.45) is 0 Å². The first-order valence-corrected chi connectivity index (χ1v) is 7.83. The Morgan fingerprint density at radius 1 is 1.42 bits per heavy atom. The molecule has 4 nitrogen and oxygen atoms in total. The molecule has 0 spiro atoms. The van der Waals surface area contributed by atoms with E-state index in [1.807, 2.05) is 13.8 Å². The van der Waals surface area contributed by atoms with E-state index < -0.39 is 15.8 Å². The topological polar surface area (TPSA) is 63.4 Å². The van der Waals surface area contributed by atoms with Gasteiger partial charge in [0.25, 0.3) is 0 Å². The Morgan fingerprint density at radius 2 is 2.00 bits per heavy atom. The van der Waals surface area contributed by atoms with Crippen LogP contribution in [0, 0.1) is 5.82 Å². The lowest BCUT2D eigenvalue weighted by atomic mass is 10.3. The zero-order valence-corrected chi connectivity index (χ0v) is 12.7. The van der Waals surface area contributed by atoms with Gasteiger partial charge in [0.2, 0.25) is 10.0 Å². The molecule has 0 aliphatic carbocycles. The molecule has 0 amide bonds. The molecular formula is C12H18ClFN2O2S. The van der Waals surface area contributed by atoms with Gasteiger partial charge in [-0.3, -0.25) is 0 Å². The molecule has 0 fully saturated rings. The number of halogens is 2. The van der Waals surface area contributed by atoms with Gasteiger partial charge in [-0.05, 0) is 25.5 Å². The Labute approximate surface area is 118 Å². The van der Waals surface area contributed by atoms with Crippen molar-refractivity contribution in [1.82, 2.24) is 4.31 Å². The first-order valence-electron chi connectivity index (χ1n) is 6.02. The highest BCUT2D eigenvalue weighted by Crippen LogP contribution is 2.29. The smallest absolute Gasteiger partial charge is 0.244 e. The van der Waals surface area contributed by atoms with E-state index in [2.05, 4.69) is 0 Å². The number of sulfonamides is 1. The molecule has 1 rings (SSSR count). The van der Waals surface area contributed by atoms with Gasteiger partial charge in [0, 0.05) is 12.6 Å². The molecule has 108 valence electrons. The number of hydrogen-bond acceptors (Lipinski definition) is 3. The summed E-state index contributed by atoms with van der Waals surface area (Å²) in [7, 11) is -3.78. The van der Waals surface area contributed by atoms with Crippen molar-refractivity contribution >= 4 is 27.3 Å². The van der Waals surface area contributed by atoms with E-state index in [-0.39, 0.29) is 21.6 Å². The molecule has 1 unspecified atom stereocenters. The molecule has 1 aromatic rings. The Balaban J connectivity index is 3.38. The average molecular weight is 309 g/mol. The average Bonchev–Trinajstić information content (AvgIpc) is 2.33. The van der Waals surface area contributed by atoms with Gasteiger partial charge in [0.1, 0.15) is 10.7 Å². The van der Waals surface area contributed by atoms with E-state index in [0.29, 0.717) is 13.0 Å². The fourth-order valence-electron chi connectivity index (χ4n) is 1.79. The molecular weight excluding hydrogens is 291 g/mol. The summed E-state index contributed by atoms with van der Waals surface area (Å²) in [5, 5.41) is -0.159. The summed E-state index contributed by atoms with van der Waals surface area (Å²) in [5.41, 5.74) is 5.19. The summed E-state index contributed by atoms with van der Waals surface area (Å²) in [6.07, 6.45) is 0.668. The second-order valence-electron chi connectivity index (χ2n) is 4.27. The zero-order valence-electron chi connectivity index (χ0n) is 11.2. The summed E-state index contributed by atoms with van der Waals surface area (Å²) in [6, 6.07) is 1.82. The van der Waals surface area contributed by atoms with Crippen LogP contribution in [-0.4, -0.2) is 25.3 Å².